The van der Waals surface area contributed by atoms with Crippen LogP contribution in [0, 0.1) is 5.92 Å². The number of hydrogen-bond acceptors (Lipinski definition) is 3. The number of aliphatic hydroxyl groups excluding tert-OH is 1. The van der Waals surface area contributed by atoms with Gasteiger partial charge in [0.2, 0.25) is 0 Å². The van der Waals surface area contributed by atoms with Crippen LogP contribution in [0.4, 0.5) is 0 Å². The number of hydrogen-bond donors (Lipinski definition) is 2. The van der Waals surface area contributed by atoms with Gasteiger partial charge in [0, 0.05) is 0 Å². The number of rotatable bonds is 16. The first-order valence-corrected chi connectivity index (χ1v) is 10.6. The van der Waals surface area contributed by atoms with Gasteiger partial charge in [-0.15, -0.1) is 0 Å². The summed E-state index contributed by atoms with van der Waals surface area (Å²) >= 11 is 0. The summed E-state index contributed by atoms with van der Waals surface area (Å²) in [6.45, 7) is 3.96. The fourth-order valence-electron chi connectivity index (χ4n) is 3.01. The molecule has 27 heavy (non-hydrogen) atoms. The van der Waals surface area contributed by atoms with Gasteiger partial charge in [-0.05, 0) is 38.5 Å². The lowest BCUT2D eigenvalue weighted by molar-refractivity contribution is -0.141. The van der Waals surface area contributed by atoms with Crippen molar-refractivity contribution in [3.63, 3.8) is 0 Å². The minimum atomic E-state index is -0.729. The van der Waals surface area contributed by atoms with Gasteiger partial charge in [0.05, 0.1) is 12.0 Å². The molecule has 0 aromatic rings. The predicted molar refractivity (Wildman–Crippen MR) is 111 cm³/mol. The second-order valence-corrected chi connectivity index (χ2v) is 7.49. The number of aliphatic hydroxyl groups is 1. The number of carboxylic acid groups (broad SMARTS) is 1. The van der Waals surface area contributed by atoms with Crippen LogP contribution in [-0.2, 0) is 9.53 Å². The highest BCUT2D eigenvalue weighted by Gasteiger charge is 2.42. The Morgan fingerprint density at radius 1 is 1.04 bits per heavy atom. The third kappa shape index (κ3) is 11.8. The molecule has 1 heterocycles. The van der Waals surface area contributed by atoms with Gasteiger partial charge in [0.1, 0.15) is 12.2 Å². The summed E-state index contributed by atoms with van der Waals surface area (Å²) in [6.07, 6.45) is 22.3. The van der Waals surface area contributed by atoms with Crippen LogP contribution in [0.15, 0.2) is 36.5 Å². The average molecular weight is 379 g/mol. The number of carboxylic acids is 1. The third-order valence-electron chi connectivity index (χ3n) is 4.94. The van der Waals surface area contributed by atoms with Gasteiger partial charge < -0.3 is 14.9 Å². The zero-order valence-electron chi connectivity index (χ0n) is 17.1. The Labute approximate surface area is 165 Å². The van der Waals surface area contributed by atoms with Gasteiger partial charge >= 0.3 is 5.97 Å². The molecule has 0 saturated carbocycles. The van der Waals surface area contributed by atoms with E-state index in [4.69, 9.17) is 9.84 Å². The predicted octanol–water partition coefficient (Wildman–Crippen LogP) is 5.42. The molecular formula is C23H38O4. The Balaban J connectivity index is 2.02. The molecule has 4 atom stereocenters. The van der Waals surface area contributed by atoms with Crippen molar-refractivity contribution < 1.29 is 19.7 Å². The first-order chi connectivity index (χ1) is 13.1. The second-order valence-electron chi connectivity index (χ2n) is 7.49. The fraction of sp³-hybridized carbons (Fsp3) is 0.696. The van der Waals surface area contributed by atoms with Gasteiger partial charge in [0.25, 0.3) is 0 Å². The minimum Gasteiger partial charge on any atom is -0.481 e. The van der Waals surface area contributed by atoms with Crippen molar-refractivity contribution in [3.8, 4) is 0 Å². The summed E-state index contributed by atoms with van der Waals surface area (Å²) < 4.78 is 5.54. The lowest BCUT2D eigenvalue weighted by atomic mass is 10.0. The monoisotopic (exact) mass is 378 g/mol. The molecule has 1 saturated heterocycles. The van der Waals surface area contributed by atoms with Gasteiger partial charge in [-0.2, -0.15) is 0 Å². The number of aliphatic carboxylic acids is 1. The second kappa shape index (κ2) is 14.6. The van der Waals surface area contributed by atoms with E-state index in [1.807, 2.05) is 12.2 Å². The maximum atomic E-state index is 10.8. The van der Waals surface area contributed by atoms with E-state index < -0.39 is 12.1 Å². The molecular weight excluding hydrogens is 340 g/mol. The Hall–Kier alpha value is -1.39. The van der Waals surface area contributed by atoms with Gasteiger partial charge in [-0.1, -0.05) is 76.0 Å². The lowest BCUT2D eigenvalue weighted by Gasteiger charge is -2.04. The van der Waals surface area contributed by atoms with E-state index in [1.165, 1.54) is 25.7 Å². The van der Waals surface area contributed by atoms with E-state index in [0.717, 1.165) is 32.1 Å². The van der Waals surface area contributed by atoms with Crippen molar-refractivity contribution in [2.75, 3.05) is 0 Å². The molecule has 0 spiro atoms. The van der Waals surface area contributed by atoms with Crippen LogP contribution < -0.4 is 0 Å². The van der Waals surface area contributed by atoms with E-state index in [9.17, 15) is 9.90 Å². The lowest BCUT2D eigenvalue weighted by Crippen LogP contribution is -2.14. The highest BCUT2D eigenvalue weighted by molar-refractivity contribution is 5.69. The van der Waals surface area contributed by atoms with Crippen LogP contribution >= 0.6 is 0 Å². The van der Waals surface area contributed by atoms with Gasteiger partial charge in [-0.25, -0.2) is 0 Å². The quantitative estimate of drug-likeness (QED) is 0.214. The summed E-state index contributed by atoms with van der Waals surface area (Å²) in [6, 6.07) is 0. The minimum absolute atomic E-state index is 0.0896. The number of unbranched alkanes of at least 4 members (excludes halogenated alkanes) is 4. The van der Waals surface area contributed by atoms with Gasteiger partial charge in [0.15, 0.2) is 0 Å². The van der Waals surface area contributed by atoms with Crippen molar-refractivity contribution in [1.82, 2.24) is 0 Å². The largest absolute Gasteiger partial charge is 0.481 e. The summed E-state index contributed by atoms with van der Waals surface area (Å²) in [5, 5.41) is 18.9. The summed E-state index contributed by atoms with van der Waals surface area (Å²) in [4.78, 5) is 10.8. The first-order valence-electron chi connectivity index (χ1n) is 10.6. The van der Waals surface area contributed by atoms with Crippen LogP contribution in [-0.4, -0.2) is 34.5 Å². The normalized spacial score (nSPS) is 22.0. The smallest absolute Gasteiger partial charge is 0.306 e. The Morgan fingerprint density at radius 2 is 1.74 bits per heavy atom. The van der Waals surface area contributed by atoms with E-state index in [0.29, 0.717) is 6.42 Å². The molecule has 4 heteroatoms. The molecule has 4 nitrogen and oxygen atoms in total. The molecule has 1 aliphatic rings. The Morgan fingerprint density at radius 3 is 2.44 bits per heavy atom. The molecule has 1 fully saturated rings. The zero-order valence-corrected chi connectivity index (χ0v) is 17.1. The molecule has 1 aliphatic heterocycles. The standard InChI is InChI=1S/C23H38O4/c1-3-4-5-6-7-8-9-10-11-12-13-17-20(24)22-21(27-22)18-15-14-16-19(2)23(25)26/h7-8,10-11,13,17,19-22,24H,3-6,9,12,14-16,18H2,1-2H3,(H,25,26)/b8-7-,11-10-,17-13-. The fourth-order valence-corrected chi connectivity index (χ4v) is 3.01. The molecule has 0 amide bonds. The van der Waals surface area contributed by atoms with E-state index in [-0.39, 0.29) is 18.1 Å². The molecule has 2 N–H and O–H groups in total. The summed E-state index contributed by atoms with van der Waals surface area (Å²) in [5.41, 5.74) is 0. The maximum absolute atomic E-state index is 10.8. The van der Waals surface area contributed by atoms with Crippen molar-refractivity contribution in [1.29, 1.82) is 0 Å². The molecule has 0 aromatic carbocycles. The van der Waals surface area contributed by atoms with Crippen LogP contribution in [0.1, 0.15) is 78.1 Å². The highest BCUT2D eigenvalue weighted by Crippen LogP contribution is 2.31. The Kier molecular flexibility index (Phi) is 12.8. The Bertz CT molecular complexity index is 481. The maximum Gasteiger partial charge on any atom is 0.306 e. The van der Waals surface area contributed by atoms with E-state index in [1.54, 1.807) is 6.92 Å². The van der Waals surface area contributed by atoms with Crippen molar-refractivity contribution >= 4 is 5.97 Å². The van der Waals surface area contributed by atoms with Crippen LogP contribution in [0.3, 0.4) is 0 Å². The molecule has 1 rings (SSSR count). The molecule has 4 unspecified atom stereocenters. The average Bonchev–Trinajstić information content (AvgIpc) is 3.42. The first kappa shape index (κ1) is 23.6. The van der Waals surface area contributed by atoms with Crippen molar-refractivity contribution in [2.24, 2.45) is 5.92 Å². The number of allylic oxidation sites excluding steroid dienone is 5. The summed E-state index contributed by atoms with van der Waals surface area (Å²) in [7, 11) is 0. The highest BCUT2D eigenvalue weighted by atomic mass is 16.6. The third-order valence-corrected chi connectivity index (χ3v) is 4.94. The number of epoxide rings is 1. The van der Waals surface area contributed by atoms with E-state index >= 15 is 0 Å². The van der Waals surface area contributed by atoms with E-state index in [2.05, 4.69) is 31.2 Å². The topological polar surface area (TPSA) is 70.1 Å². The molecule has 0 aliphatic carbocycles. The molecule has 0 aromatic heterocycles. The number of ether oxygens (including phenoxy) is 1. The van der Waals surface area contributed by atoms with Crippen molar-refractivity contribution in [3.05, 3.63) is 36.5 Å². The molecule has 0 bridgehead atoms. The number of carbonyl (C=O) groups is 1. The van der Waals surface area contributed by atoms with Crippen LogP contribution in [0.25, 0.3) is 0 Å². The summed E-state index contributed by atoms with van der Waals surface area (Å²) in [5.74, 6) is -1.01. The van der Waals surface area contributed by atoms with Crippen LogP contribution in [0.2, 0.25) is 0 Å². The van der Waals surface area contributed by atoms with Crippen LogP contribution in [0.5, 0.6) is 0 Å². The van der Waals surface area contributed by atoms with Crippen molar-refractivity contribution in [2.45, 2.75) is 96.4 Å². The van der Waals surface area contributed by atoms with Gasteiger partial charge in [-0.3, -0.25) is 4.79 Å². The molecule has 0 radical (unpaired) electrons. The zero-order chi connectivity index (χ0) is 19.9. The SMILES string of the molecule is CCCCC/C=C\C/C=C\C/C=C\C(O)C1OC1CCCCC(C)C(=O)O. The molecule has 154 valence electrons.